The molecule has 2 aliphatic rings. The van der Waals surface area contributed by atoms with E-state index < -0.39 is 5.92 Å². The number of rotatable bonds is 2. The van der Waals surface area contributed by atoms with Gasteiger partial charge >= 0.3 is 0 Å². The van der Waals surface area contributed by atoms with Gasteiger partial charge in [0, 0.05) is 4.90 Å². The van der Waals surface area contributed by atoms with E-state index in [0.29, 0.717) is 21.9 Å². The van der Waals surface area contributed by atoms with Gasteiger partial charge in [0.25, 0.3) is 5.91 Å². The summed E-state index contributed by atoms with van der Waals surface area (Å²) in [7, 11) is 1.57. The average Bonchev–Trinajstić information content (AvgIpc) is 2.73. The SMILES string of the molecule is COc1ccc([C@H]2C(C#N)=C(N)N3C(=O)c4ccccc4SC3=C2C#N)cc1. The molecule has 0 radical (unpaired) electrons. The number of benzene rings is 2. The van der Waals surface area contributed by atoms with Gasteiger partial charge in [0.05, 0.1) is 41.9 Å². The standard InChI is InChI=1S/C21H14N4O2S/c1-27-13-8-6-12(7-9-13)18-15(10-22)19(24)25-20(26)14-4-2-3-5-17(14)28-21(25)16(18)11-23/h2-9,18H,24H2,1H3/t18-/m0/s1. The molecule has 2 aromatic rings. The second-order valence-electron chi connectivity index (χ2n) is 6.19. The van der Waals surface area contributed by atoms with Crippen LogP contribution in [-0.2, 0) is 0 Å². The van der Waals surface area contributed by atoms with Gasteiger partial charge in [0.1, 0.15) is 16.6 Å². The molecule has 4 rings (SSSR count). The number of carbonyl (C=O) groups is 1. The lowest BCUT2D eigenvalue weighted by Gasteiger charge is -2.37. The maximum Gasteiger partial charge on any atom is 0.265 e. The molecule has 7 heteroatoms. The van der Waals surface area contributed by atoms with Crippen molar-refractivity contribution in [3.8, 4) is 17.9 Å². The van der Waals surface area contributed by atoms with E-state index >= 15 is 0 Å². The summed E-state index contributed by atoms with van der Waals surface area (Å²) in [5.74, 6) is -0.253. The number of fused-ring (bicyclic) bond motifs is 2. The lowest BCUT2D eigenvalue weighted by Crippen LogP contribution is -2.40. The molecule has 136 valence electrons. The van der Waals surface area contributed by atoms with Crippen molar-refractivity contribution in [2.75, 3.05) is 7.11 Å². The first-order valence-corrected chi connectivity index (χ1v) is 9.21. The molecule has 0 aromatic heterocycles. The monoisotopic (exact) mass is 386 g/mol. The number of nitriles is 2. The highest BCUT2D eigenvalue weighted by Gasteiger charge is 2.42. The van der Waals surface area contributed by atoms with Crippen LogP contribution in [0.4, 0.5) is 0 Å². The first-order chi connectivity index (χ1) is 13.6. The van der Waals surface area contributed by atoms with E-state index in [4.69, 9.17) is 10.5 Å². The van der Waals surface area contributed by atoms with Crippen molar-refractivity contribution in [1.82, 2.24) is 4.90 Å². The van der Waals surface area contributed by atoms with Gasteiger partial charge in [-0.05, 0) is 29.8 Å². The van der Waals surface area contributed by atoms with E-state index in [0.717, 1.165) is 10.5 Å². The van der Waals surface area contributed by atoms with Crippen LogP contribution >= 0.6 is 11.8 Å². The molecule has 28 heavy (non-hydrogen) atoms. The number of nitrogens with zero attached hydrogens (tertiary/aromatic N) is 3. The highest BCUT2D eigenvalue weighted by molar-refractivity contribution is 8.03. The number of methoxy groups -OCH3 is 1. The van der Waals surface area contributed by atoms with Gasteiger partial charge in [0.2, 0.25) is 0 Å². The lowest BCUT2D eigenvalue weighted by molar-refractivity contribution is 0.0841. The summed E-state index contributed by atoms with van der Waals surface area (Å²) in [5.41, 5.74) is 8.00. The summed E-state index contributed by atoms with van der Waals surface area (Å²) in [6.45, 7) is 0. The first kappa shape index (κ1) is 17.7. The number of hydrogen-bond donors (Lipinski definition) is 1. The Bertz CT molecular complexity index is 1140. The predicted molar refractivity (Wildman–Crippen MR) is 104 cm³/mol. The molecule has 2 heterocycles. The maximum atomic E-state index is 13.0. The van der Waals surface area contributed by atoms with Gasteiger partial charge in [-0.2, -0.15) is 10.5 Å². The van der Waals surface area contributed by atoms with Crippen molar-refractivity contribution in [3.63, 3.8) is 0 Å². The van der Waals surface area contributed by atoms with Crippen molar-refractivity contribution in [2.45, 2.75) is 10.8 Å². The second kappa shape index (κ2) is 6.80. The summed E-state index contributed by atoms with van der Waals surface area (Å²) < 4.78 is 5.19. The average molecular weight is 386 g/mol. The molecule has 1 atom stereocenters. The zero-order valence-electron chi connectivity index (χ0n) is 14.8. The van der Waals surface area contributed by atoms with Gasteiger partial charge < -0.3 is 10.5 Å². The molecule has 0 saturated carbocycles. The molecule has 2 N–H and O–H groups in total. The van der Waals surface area contributed by atoms with Gasteiger partial charge in [-0.15, -0.1) is 0 Å². The van der Waals surface area contributed by atoms with E-state index in [1.165, 1.54) is 16.7 Å². The van der Waals surface area contributed by atoms with Crippen molar-refractivity contribution in [2.24, 2.45) is 5.73 Å². The third-order valence-electron chi connectivity index (χ3n) is 4.74. The van der Waals surface area contributed by atoms with Crippen LogP contribution < -0.4 is 10.5 Å². The molecular weight excluding hydrogens is 372 g/mol. The second-order valence-corrected chi connectivity index (χ2v) is 7.22. The predicted octanol–water partition coefficient (Wildman–Crippen LogP) is 3.47. The summed E-state index contributed by atoms with van der Waals surface area (Å²) >= 11 is 1.31. The summed E-state index contributed by atoms with van der Waals surface area (Å²) in [6, 6.07) is 18.6. The molecule has 0 spiro atoms. The smallest absolute Gasteiger partial charge is 0.265 e. The summed E-state index contributed by atoms with van der Waals surface area (Å²) in [6.07, 6.45) is 0. The van der Waals surface area contributed by atoms with E-state index in [9.17, 15) is 15.3 Å². The van der Waals surface area contributed by atoms with Crippen LogP contribution in [0.1, 0.15) is 21.8 Å². The van der Waals surface area contributed by atoms with Crippen LogP contribution in [0.2, 0.25) is 0 Å². The minimum Gasteiger partial charge on any atom is -0.497 e. The van der Waals surface area contributed by atoms with Crippen LogP contribution in [0.15, 0.2) is 75.4 Å². The van der Waals surface area contributed by atoms with Crippen molar-refractivity contribution < 1.29 is 9.53 Å². The molecule has 0 aliphatic carbocycles. The van der Waals surface area contributed by atoms with Gasteiger partial charge in [-0.3, -0.25) is 9.69 Å². The van der Waals surface area contributed by atoms with E-state index in [-0.39, 0.29) is 17.3 Å². The molecule has 0 fully saturated rings. The molecule has 0 bridgehead atoms. The zero-order chi connectivity index (χ0) is 19.8. The number of hydrogen-bond acceptors (Lipinski definition) is 6. The van der Waals surface area contributed by atoms with E-state index in [1.54, 1.807) is 43.5 Å². The summed E-state index contributed by atoms with van der Waals surface area (Å²) in [4.78, 5) is 15.1. The molecular formula is C21H14N4O2S. The minimum atomic E-state index is -0.641. The lowest BCUT2D eigenvalue weighted by atomic mass is 9.83. The van der Waals surface area contributed by atoms with Crippen LogP contribution in [0.25, 0.3) is 0 Å². The number of ether oxygens (including phenoxy) is 1. The third kappa shape index (κ3) is 2.53. The van der Waals surface area contributed by atoms with Crippen LogP contribution in [0, 0.1) is 22.7 Å². The highest BCUT2D eigenvalue weighted by atomic mass is 32.2. The number of thioether (sulfide) groups is 1. The Morgan fingerprint density at radius 1 is 1.07 bits per heavy atom. The summed E-state index contributed by atoms with van der Waals surface area (Å²) in [5, 5.41) is 20.2. The Morgan fingerprint density at radius 3 is 2.39 bits per heavy atom. The minimum absolute atomic E-state index is 0.0596. The molecule has 2 aromatic carbocycles. The largest absolute Gasteiger partial charge is 0.497 e. The number of amides is 1. The van der Waals surface area contributed by atoms with Gasteiger partial charge in [-0.1, -0.05) is 36.0 Å². The number of carbonyl (C=O) groups excluding carboxylic acids is 1. The number of allylic oxidation sites excluding steroid dienone is 2. The Morgan fingerprint density at radius 2 is 1.75 bits per heavy atom. The van der Waals surface area contributed by atoms with Crippen molar-refractivity contribution in [1.29, 1.82) is 10.5 Å². The number of nitrogens with two attached hydrogens (primary N) is 1. The Balaban J connectivity index is 1.94. The normalized spacial score (nSPS) is 18.2. The fourth-order valence-corrected chi connectivity index (χ4v) is 4.56. The zero-order valence-corrected chi connectivity index (χ0v) is 15.7. The van der Waals surface area contributed by atoms with Crippen molar-refractivity contribution >= 4 is 17.7 Å². The first-order valence-electron chi connectivity index (χ1n) is 8.40. The van der Waals surface area contributed by atoms with E-state index in [1.807, 2.05) is 12.1 Å². The highest BCUT2D eigenvalue weighted by Crippen LogP contribution is 2.49. The Kier molecular flexibility index (Phi) is 4.31. The van der Waals surface area contributed by atoms with Crippen LogP contribution in [-0.4, -0.2) is 17.9 Å². The van der Waals surface area contributed by atoms with Gasteiger partial charge in [-0.25, -0.2) is 0 Å². The fourth-order valence-electron chi connectivity index (χ4n) is 3.39. The molecule has 2 aliphatic heterocycles. The quantitative estimate of drug-likeness (QED) is 0.848. The van der Waals surface area contributed by atoms with Crippen LogP contribution in [0.5, 0.6) is 5.75 Å². The Labute approximate surface area is 166 Å². The molecule has 0 unspecified atom stereocenters. The molecule has 1 amide bonds. The van der Waals surface area contributed by atoms with Crippen LogP contribution in [0.3, 0.4) is 0 Å². The maximum absolute atomic E-state index is 13.0. The third-order valence-corrected chi connectivity index (χ3v) is 5.92. The van der Waals surface area contributed by atoms with Crippen molar-refractivity contribution in [3.05, 3.63) is 81.7 Å². The van der Waals surface area contributed by atoms with E-state index in [2.05, 4.69) is 12.1 Å². The molecule has 6 nitrogen and oxygen atoms in total. The molecule has 0 saturated heterocycles. The topological polar surface area (TPSA) is 103 Å². The van der Waals surface area contributed by atoms with Gasteiger partial charge in [0.15, 0.2) is 0 Å². The fraction of sp³-hybridized carbons (Fsp3) is 0.0952. The Hall–Kier alpha value is -3.68.